The lowest BCUT2D eigenvalue weighted by atomic mass is 9.77. The summed E-state index contributed by atoms with van der Waals surface area (Å²) in [5.74, 6) is 10.0. The van der Waals surface area contributed by atoms with Gasteiger partial charge in [0.2, 0.25) is 0 Å². The van der Waals surface area contributed by atoms with E-state index in [0.29, 0.717) is 0 Å². The minimum absolute atomic E-state index is 0.755. The number of rotatable bonds is 6. The quantitative estimate of drug-likeness (QED) is 0.346. The Morgan fingerprint density at radius 2 is 1.61 bits per heavy atom. The van der Waals surface area contributed by atoms with Crippen LogP contribution in [0.15, 0.2) is 36.4 Å². The van der Waals surface area contributed by atoms with Gasteiger partial charge in [-0.1, -0.05) is 82.4 Å². The van der Waals surface area contributed by atoms with Gasteiger partial charge < -0.3 is 0 Å². The van der Waals surface area contributed by atoms with Gasteiger partial charge in [-0.15, -0.1) is 0 Å². The maximum atomic E-state index is 3.32. The Bertz CT molecular complexity index is 638. The largest absolute Gasteiger partial charge is 0.0730 e. The molecule has 0 unspecified atom stereocenters. The van der Waals surface area contributed by atoms with Crippen molar-refractivity contribution in [2.45, 2.75) is 96.8 Å². The summed E-state index contributed by atoms with van der Waals surface area (Å²) in [5, 5.41) is 0. The fourth-order valence-corrected chi connectivity index (χ4v) is 5.09. The van der Waals surface area contributed by atoms with Crippen molar-refractivity contribution in [3.05, 3.63) is 47.5 Å². The number of benzene rings is 1. The molecule has 0 N–H and O–H groups in total. The van der Waals surface area contributed by atoms with Gasteiger partial charge in [0.05, 0.1) is 0 Å². The first-order valence-corrected chi connectivity index (χ1v) is 12.0. The zero-order valence-electron chi connectivity index (χ0n) is 18.3. The molecule has 0 spiro atoms. The fraction of sp³-hybridized carbons (Fsp3) is 0.643. The molecule has 2 fully saturated rings. The molecule has 0 radical (unpaired) electrons. The summed E-state index contributed by atoms with van der Waals surface area (Å²) in [6.07, 6.45) is 21.2. The van der Waals surface area contributed by atoms with E-state index >= 15 is 0 Å². The number of allylic oxidation sites excluding steroid dienone is 2. The highest BCUT2D eigenvalue weighted by atomic mass is 14.3. The van der Waals surface area contributed by atoms with Crippen LogP contribution in [0.4, 0.5) is 0 Å². The van der Waals surface area contributed by atoms with Crippen molar-refractivity contribution < 1.29 is 0 Å². The molecule has 0 heterocycles. The van der Waals surface area contributed by atoms with Crippen LogP contribution in [-0.2, 0) is 0 Å². The molecule has 0 aliphatic heterocycles. The molecule has 2 aliphatic carbocycles. The lowest BCUT2D eigenvalue weighted by molar-refractivity contribution is 0.303. The van der Waals surface area contributed by atoms with Crippen LogP contribution in [0.2, 0.25) is 0 Å². The van der Waals surface area contributed by atoms with Crippen molar-refractivity contribution in [2.75, 3.05) is 0 Å². The molecule has 0 bridgehead atoms. The maximum absolute atomic E-state index is 3.32. The van der Waals surface area contributed by atoms with Gasteiger partial charge in [-0.05, 0) is 86.0 Å². The van der Waals surface area contributed by atoms with Crippen LogP contribution in [0.5, 0.6) is 0 Å². The molecular formula is C28H40. The minimum Gasteiger partial charge on any atom is -0.0730 e. The molecule has 28 heavy (non-hydrogen) atoms. The van der Waals surface area contributed by atoms with E-state index in [-0.39, 0.29) is 0 Å². The number of unbranched alkanes of at least 4 members (excludes halogenated alkanes) is 2. The Balaban J connectivity index is 1.43. The summed E-state index contributed by atoms with van der Waals surface area (Å²) in [6, 6.07) is 9.12. The molecule has 0 nitrogen and oxygen atoms in total. The predicted molar refractivity (Wildman–Crippen MR) is 122 cm³/mol. The molecule has 1 aromatic carbocycles. The Kier molecular flexibility index (Phi) is 8.72. The zero-order valence-corrected chi connectivity index (χ0v) is 18.3. The predicted octanol–water partition coefficient (Wildman–Crippen LogP) is 8.27. The average molecular weight is 377 g/mol. The zero-order chi connectivity index (χ0) is 19.6. The summed E-state index contributed by atoms with van der Waals surface area (Å²) in [7, 11) is 0. The summed E-state index contributed by atoms with van der Waals surface area (Å²) in [4.78, 5) is 0. The highest BCUT2D eigenvalue weighted by molar-refractivity contribution is 5.39. The average Bonchev–Trinajstić information content (AvgIpc) is 2.74. The highest BCUT2D eigenvalue weighted by Gasteiger charge is 2.21. The molecule has 152 valence electrons. The molecule has 1 aromatic rings. The van der Waals surface area contributed by atoms with Crippen LogP contribution in [0, 0.1) is 29.6 Å². The first-order chi connectivity index (χ1) is 13.7. The van der Waals surface area contributed by atoms with Crippen LogP contribution in [-0.4, -0.2) is 0 Å². The van der Waals surface area contributed by atoms with Gasteiger partial charge in [0, 0.05) is 5.56 Å². The van der Waals surface area contributed by atoms with E-state index < -0.39 is 0 Å². The van der Waals surface area contributed by atoms with Gasteiger partial charge in [-0.3, -0.25) is 0 Å². The topological polar surface area (TPSA) is 0 Å². The van der Waals surface area contributed by atoms with Gasteiger partial charge in [0.15, 0.2) is 0 Å². The molecule has 2 aliphatic rings. The molecule has 0 aromatic heterocycles. The maximum Gasteiger partial charge on any atom is 0.0249 e. The summed E-state index contributed by atoms with van der Waals surface area (Å²) in [5.41, 5.74) is 2.68. The van der Waals surface area contributed by atoms with E-state index in [1.54, 1.807) is 0 Å². The molecule has 3 rings (SSSR count). The third-order valence-corrected chi connectivity index (χ3v) is 7.17. The molecule has 0 amide bonds. The molecule has 0 saturated heterocycles. The van der Waals surface area contributed by atoms with Crippen molar-refractivity contribution in [2.24, 2.45) is 17.8 Å². The SMILES string of the molecule is CCCCCC1CCC(c2ccc(C#CC=CC3CCC(C)CC3)cc2)CC1. The van der Waals surface area contributed by atoms with Gasteiger partial charge in [0.1, 0.15) is 0 Å². The van der Waals surface area contributed by atoms with Crippen molar-refractivity contribution in [1.82, 2.24) is 0 Å². The summed E-state index contributed by atoms with van der Waals surface area (Å²) >= 11 is 0. The van der Waals surface area contributed by atoms with Gasteiger partial charge in [0.25, 0.3) is 0 Å². The van der Waals surface area contributed by atoms with Crippen LogP contribution >= 0.6 is 0 Å². The van der Waals surface area contributed by atoms with E-state index in [1.165, 1.54) is 82.6 Å². The van der Waals surface area contributed by atoms with Gasteiger partial charge in [-0.2, -0.15) is 0 Å². The van der Waals surface area contributed by atoms with E-state index in [1.807, 2.05) is 0 Å². The van der Waals surface area contributed by atoms with Crippen molar-refractivity contribution in [3.8, 4) is 11.8 Å². The van der Waals surface area contributed by atoms with Crippen molar-refractivity contribution in [1.29, 1.82) is 0 Å². The van der Waals surface area contributed by atoms with Crippen LogP contribution < -0.4 is 0 Å². The van der Waals surface area contributed by atoms with E-state index in [9.17, 15) is 0 Å². The molecule has 2 saturated carbocycles. The second kappa shape index (κ2) is 11.5. The van der Waals surface area contributed by atoms with Gasteiger partial charge in [-0.25, -0.2) is 0 Å². The highest BCUT2D eigenvalue weighted by Crippen LogP contribution is 2.37. The van der Waals surface area contributed by atoms with Crippen LogP contribution in [0.3, 0.4) is 0 Å². The number of hydrogen-bond donors (Lipinski definition) is 0. The molecule has 0 heteroatoms. The molecule has 0 atom stereocenters. The van der Waals surface area contributed by atoms with Crippen LogP contribution in [0.1, 0.15) is 108 Å². The Morgan fingerprint density at radius 1 is 0.893 bits per heavy atom. The van der Waals surface area contributed by atoms with Crippen molar-refractivity contribution >= 4 is 0 Å². The van der Waals surface area contributed by atoms with E-state index in [0.717, 1.165) is 29.2 Å². The summed E-state index contributed by atoms with van der Waals surface area (Å²) < 4.78 is 0. The molecular weight excluding hydrogens is 336 g/mol. The monoisotopic (exact) mass is 376 g/mol. The normalized spacial score (nSPS) is 28.1. The lowest BCUT2D eigenvalue weighted by Gasteiger charge is -2.29. The third kappa shape index (κ3) is 6.84. The first-order valence-electron chi connectivity index (χ1n) is 12.0. The number of hydrogen-bond acceptors (Lipinski definition) is 0. The smallest absolute Gasteiger partial charge is 0.0249 e. The second-order valence-electron chi connectivity index (χ2n) is 9.48. The minimum atomic E-state index is 0.755. The Labute approximate surface area is 174 Å². The third-order valence-electron chi connectivity index (χ3n) is 7.17. The van der Waals surface area contributed by atoms with Gasteiger partial charge >= 0.3 is 0 Å². The Hall–Kier alpha value is -1.48. The van der Waals surface area contributed by atoms with E-state index in [4.69, 9.17) is 0 Å². The summed E-state index contributed by atoms with van der Waals surface area (Å²) in [6.45, 7) is 4.68. The Morgan fingerprint density at radius 3 is 2.29 bits per heavy atom. The van der Waals surface area contributed by atoms with Crippen LogP contribution in [0.25, 0.3) is 0 Å². The van der Waals surface area contributed by atoms with Crippen molar-refractivity contribution in [3.63, 3.8) is 0 Å². The standard InChI is InChI=1S/C28H40/c1-3-4-5-8-25-15-19-27(20-16-25)28-21-17-26(18-22-28)10-7-6-9-24-13-11-23(2)12-14-24/h6,9,17-18,21-25,27H,3-5,8,11-16,19-20H2,1-2H3. The lowest BCUT2D eigenvalue weighted by Crippen LogP contribution is -2.13. The van der Waals surface area contributed by atoms with E-state index in [2.05, 4.69) is 62.1 Å². The fourth-order valence-electron chi connectivity index (χ4n) is 5.09. The first kappa shape index (κ1) is 21.2. The second-order valence-corrected chi connectivity index (χ2v) is 9.48.